The van der Waals surface area contributed by atoms with E-state index in [9.17, 15) is 0 Å². The molecular formula is C22H32N6O2. The first-order valence-corrected chi connectivity index (χ1v) is 10.6. The highest BCUT2D eigenvalue weighted by Crippen LogP contribution is 2.38. The number of rotatable bonds is 4. The minimum atomic E-state index is 0.458. The summed E-state index contributed by atoms with van der Waals surface area (Å²) in [6.07, 6.45) is 3.68. The van der Waals surface area contributed by atoms with Gasteiger partial charge in [-0.25, -0.2) is 9.97 Å². The van der Waals surface area contributed by atoms with Crippen molar-refractivity contribution >= 4 is 17.3 Å². The number of morpholine rings is 1. The number of anilines is 3. The van der Waals surface area contributed by atoms with Gasteiger partial charge in [0.25, 0.3) is 0 Å². The summed E-state index contributed by atoms with van der Waals surface area (Å²) in [5.74, 6) is 1.51. The summed E-state index contributed by atoms with van der Waals surface area (Å²) in [5, 5.41) is 0. The van der Waals surface area contributed by atoms with E-state index in [1.54, 1.807) is 7.11 Å². The van der Waals surface area contributed by atoms with Crippen molar-refractivity contribution in [1.29, 1.82) is 0 Å². The maximum absolute atomic E-state index is 6.51. The fourth-order valence-electron chi connectivity index (χ4n) is 4.24. The first-order chi connectivity index (χ1) is 14.5. The van der Waals surface area contributed by atoms with Crippen LogP contribution in [0.5, 0.6) is 5.75 Å². The summed E-state index contributed by atoms with van der Waals surface area (Å²) in [6, 6.07) is 4.94. The highest BCUT2D eigenvalue weighted by atomic mass is 16.5. The van der Waals surface area contributed by atoms with Crippen molar-refractivity contribution in [2.45, 2.75) is 25.9 Å². The molecule has 0 saturated carbocycles. The number of benzene rings is 1. The Bertz CT molecular complexity index is 857. The third-order valence-electron chi connectivity index (χ3n) is 6.29. The topological polar surface area (TPSA) is 80.0 Å². The van der Waals surface area contributed by atoms with E-state index in [0.29, 0.717) is 25.3 Å². The maximum Gasteiger partial charge on any atom is 0.225 e. The zero-order chi connectivity index (χ0) is 21.3. The number of hydrogen-bond acceptors (Lipinski definition) is 8. The third-order valence-corrected chi connectivity index (χ3v) is 6.29. The van der Waals surface area contributed by atoms with E-state index in [0.717, 1.165) is 60.4 Å². The van der Waals surface area contributed by atoms with Crippen LogP contribution in [0, 0.1) is 0 Å². The second-order valence-electron chi connectivity index (χ2n) is 8.25. The van der Waals surface area contributed by atoms with Crippen molar-refractivity contribution in [3.8, 4) is 16.9 Å². The number of nitrogen functional groups attached to an aromatic ring is 1. The minimum absolute atomic E-state index is 0.458. The molecule has 2 N–H and O–H groups in total. The van der Waals surface area contributed by atoms with Crippen molar-refractivity contribution < 1.29 is 9.47 Å². The van der Waals surface area contributed by atoms with Crippen molar-refractivity contribution in [3.63, 3.8) is 0 Å². The van der Waals surface area contributed by atoms with Gasteiger partial charge in [0.2, 0.25) is 5.95 Å². The van der Waals surface area contributed by atoms with Gasteiger partial charge in [0, 0.05) is 67.8 Å². The Kier molecular flexibility index (Phi) is 5.97. The second kappa shape index (κ2) is 8.65. The van der Waals surface area contributed by atoms with Gasteiger partial charge in [0.15, 0.2) is 0 Å². The van der Waals surface area contributed by atoms with E-state index in [1.807, 2.05) is 24.5 Å². The number of ether oxygens (including phenoxy) is 2. The molecule has 2 saturated heterocycles. The Morgan fingerprint density at radius 3 is 2.27 bits per heavy atom. The Morgan fingerprint density at radius 2 is 1.67 bits per heavy atom. The molecule has 1 aromatic carbocycles. The van der Waals surface area contributed by atoms with Crippen LogP contribution in [0.15, 0.2) is 24.5 Å². The quantitative estimate of drug-likeness (QED) is 0.765. The Balaban J connectivity index is 1.61. The fraction of sp³-hybridized carbons (Fsp3) is 0.545. The summed E-state index contributed by atoms with van der Waals surface area (Å²) in [6.45, 7) is 9.41. The molecule has 2 aliphatic rings. The fourth-order valence-corrected chi connectivity index (χ4v) is 4.24. The van der Waals surface area contributed by atoms with Crippen molar-refractivity contribution in [2.24, 2.45) is 0 Å². The molecule has 30 heavy (non-hydrogen) atoms. The number of nitrogens with two attached hydrogens (primary N) is 1. The number of methoxy groups -OCH3 is 1. The van der Waals surface area contributed by atoms with Crippen molar-refractivity contribution in [3.05, 3.63) is 24.5 Å². The van der Waals surface area contributed by atoms with E-state index >= 15 is 0 Å². The van der Waals surface area contributed by atoms with Crippen LogP contribution in [0.4, 0.5) is 17.3 Å². The van der Waals surface area contributed by atoms with Gasteiger partial charge in [-0.15, -0.1) is 0 Å². The summed E-state index contributed by atoms with van der Waals surface area (Å²) in [5.41, 5.74) is 10.1. The van der Waals surface area contributed by atoms with Crippen LogP contribution in [0.2, 0.25) is 0 Å². The van der Waals surface area contributed by atoms with Crippen LogP contribution in [-0.4, -0.2) is 80.5 Å². The van der Waals surface area contributed by atoms with E-state index < -0.39 is 0 Å². The van der Waals surface area contributed by atoms with E-state index in [1.165, 1.54) is 0 Å². The molecular weight excluding hydrogens is 380 g/mol. The van der Waals surface area contributed by atoms with Gasteiger partial charge in [-0.2, -0.15) is 0 Å². The van der Waals surface area contributed by atoms with Gasteiger partial charge in [-0.1, -0.05) is 0 Å². The van der Waals surface area contributed by atoms with Crippen molar-refractivity contribution in [2.75, 3.05) is 69.1 Å². The second-order valence-corrected chi connectivity index (χ2v) is 8.25. The van der Waals surface area contributed by atoms with Crippen LogP contribution < -0.4 is 20.3 Å². The molecule has 1 aromatic heterocycles. The lowest BCUT2D eigenvalue weighted by atomic mass is 10.0. The van der Waals surface area contributed by atoms with Gasteiger partial charge in [-0.05, 0) is 27.0 Å². The predicted octanol–water partition coefficient (Wildman–Crippen LogP) is 2.10. The summed E-state index contributed by atoms with van der Waals surface area (Å²) < 4.78 is 11.1. The smallest absolute Gasteiger partial charge is 0.225 e. The highest BCUT2D eigenvalue weighted by molar-refractivity contribution is 5.81. The number of hydrogen-bond donors (Lipinski definition) is 1. The summed E-state index contributed by atoms with van der Waals surface area (Å²) in [7, 11) is 3.87. The molecule has 8 heteroatoms. The molecule has 0 amide bonds. The molecule has 2 aliphatic heterocycles. The number of likely N-dealkylation sites (N-methyl/N-ethyl adjacent to an activating group) is 1. The molecule has 2 atom stereocenters. The molecule has 3 heterocycles. The molecule has 0 spiro atoms. The Morgan fingerprint density at radius 1 is 1.03 bits per heavy atom. The lowest BCUT2D eigenvalue weighted by Gasteiger charge is -2.44. The van der Waals surface area contributed by atoms with E-state index in [2.05, 4.69) is 45.6 Å². The number of nitrogens with zero attached hydrogens (tertiary/aromatic N) is 5. The standard InChI is InChI=1S/C22H32N6O2/c1-15-13-28(14-16(2)26(15)3)20-10-21(29-4)18(9-19(20)23)17-11-24-22(25-12-17)27-5-7-30-8-6-27/h9-12,15-16H,5-8,13-14,23H2,1-4H3/t15-,16+. The zero-order valence-corrected chi connectivity index (χ0v) is 18.3. The SMILES string of the molecule is COc1cc(N2C[C@@H](C)N(C)[C@@H](C)C2)c(N)cc1-c1cnc(N2CCOCC2)nc1. The molecule has 0 aliphatic carbocycles. The van der Waals surface area contributed by atoms with Crippen molar-refractivity contribution in [1.82, 2.24) is 14.9 Å². The molecule has 4 rings (SSSR count). The molecule has 0 bridgehead atoms. The summed E-state index contributed by atoms with van der Waals surface area (Å²) in [4.78, 5) is 16.0. The van der Waals surface area contributed by atoms with Gasteiger partial charge in [0.1, 0.15) is 5.75 Å². The van der Waals surface area contributed by atoms with E-state index in [-0.39, 0.29) is 0 Å². The normalized spacial score (nSPS) is 22.9. The molecule has 8 nitrogen and oxygen atoms in total. The lowest BCUT2D eigenvalue weighted by molar-refractivity contribution is 0.122. The number of piperazine rings is 1. The first kappa shape index (κ1) is 20.7. The Hall–Kier alpha value is -2.58. The molecule has 2 aromatic rings. The largest absolute Gasteiger partial charge is 0.496 e. The van der Waals surface area contributed by atoms with Gasteiger partial charge < -0.3 is 25.0 Å². The van der Waals surface area contributed by atoms with Gasteiger partial charge >= 0.3 is 0 Å². The average Bonchev–Trinajstić information content (AvgIpc) is 2.77. The highest BCUT2D eigenvalue weighted by Gasteiger charge is 2.28. The minimum Gasteiger partial charge on any atom is -0.496 e. The third kappa shape index (κ3) is 4.02. The molecule has 2 fully saturated rings. The summed E-state index contributed by atoms with van der Waals surface area (Å²) >= 11 is 0. The number of aromatic nitrogens is 2. The first-order valence-electron chi connectivity index (χ1n) is 10.6. The molecule has 0 radical (unpaired) electrons. The average molecular weight is 413 g/mol. The van der Waals surface area contributed by atoms with Crippen LogP contribution in [0.1, 0.15) is 13.8 Å². The van der Waals surface area contributed by atoms with Gasteiger partial charge in [-0.3, -0.25) is 4.90 Å². The monoisotopic (exact) mass is 412 g/mol. The van der Waals surface area contributed by atoms with Crippen LogP contribution in [-0.2, 0) is 4.74 Å². The predicted molar refractivity (Wildman–Crippen MR) is 120 cm³/mol. The maximum atomic E-state index is 6.51. The van der Waals surface area contributed by atoms with Crippen LogP contribution >= 0.6 is 0 Å². The molecule has 162 valence electrons. The van der Waals surface area contributed by atoms with Crippen LogP contribution in [0.25, 0.3) is 11.1 Å². The molecule has 0 unspecified atom stereocenters. The lowest BCUT2D eigenvalue weighted by Crippen LogP contribution is -2.55. The zero-order valence-electron chi connectivity index (χ0n) is 18.3. The Labute approximate surface area is 178 Å². The van der Waals surface area contributed by atoms with Crippen LogP contribution in [0.3, 0.4) is 0 Å². The van der Waals surface area contributed by atoms with E-state index in [4.69, 9.17) is 15.2 Å². The van der Waals surface area contributed by atoms with Gasteiger partial charge in [0.05, 0.1) is 31.7 Å².